The Balaban J connectivity index is 1.76. The van der Waals surface area contributed by atoms with E-state index in [0.717, 1.165) is 18.9 Å². The first-order valence-electron chi connectivity index (χ1n) is 6.52. The Bertz CT molecular complexity index is 271. The van der Waals surface area contributed by atoms with Crippen molar-refractivity contribution in [3.05, 3.63) is 0 Å². The highest BCUT2D eigenvalue weighted by Gasteiger charge is 2.25. The zero-order chi connectivity index (χ0) is 11.4. The van der Waals surface area contributed by atoms with Crippen LogP contribution in [0, 0.1) is 5.92 Å². The summed E-state index contributed by atoms with van der Waals surface area (Å²) in [6, 6.07) is 0. The lowest BCUT2D eigenvalue weighted by Gasteiger charge is -2.25. The lowest BCUT2D eigenvalue weighted by molar-refractivity contribution is 0.275. The van der Waals surface area contributed by atoms with Crippen LogP contribution >= 0.6 is 12.2 Å². The number of azo groups is 1. The van der Waals surface area contributed by atoms with Crippen molar-refractivity contribution >= 4 is 17.3 Å². The largest absolute Gasteiger partial charge is 0.323 e. The van der Waals surface area contributed by atoms with Gasteiger partial charge >= 0.3 is 0 Å². The summed E-state index contributed by atoms with van der Waals surface area (Å²) < 4.78 is 0. The van der Waals surface area contributed by atoms with Gasteiger partial charge in [-0.3, -0.25) is 0 Å². The summed E-state index contributed by atoms with van der Waals surface area (Å²) in [5, 5.41) is 8.96. The Hall–Kier alpha value is -0.510. The first kappa shape index (κ1) is 12.0. The second-order valence-electron chi connectivity index (χ2n) is 4.85. The molecule has 3 nitrogen and oxygen atoms in total. The molecule has 0 aromatic rings. The van der Waals surface area contributed by atoms with E-state index in [0.29, 0.717) is 5.11 Å². The molecule has 1 aliphatic carbocycles. The van der Waals surface area contributed by atoms with Gasteiger partial charge in [-0.2, -0.15) is 5.11 Å². The van der Waals surface area contributed by atoms with Crippen molar-refractivity contribution in [3.8, 4) is 0 Å². The minimum Gasteiger partial charge on any atom is -0.323 e. The van der Waals surface area contributed by atoms with Gasteiger partial charge in [0.15, 0.2) is 0 Å². The van der Waals surface area contributed by atoms with Gasteiger partial charge in [-0.1, -0.05) is 32.1 Å². The molecular weight excluding hydrogens is 218 g/mol. The molecule has 4 heteroatoms. The number of rotatable bonds is 4. The van der Waals surface area contributed by atoms with Gasteiger partial charge in [-0.15, -0.1) is 5.11 Å². The van der Waals surface area contributed by atoms with Crippen molar-refractivity contribution in [1.29, 1.82) is 0 Å². The van der Waals surface area contributed by atoms with Crippen LogP contribution in [-0.2, 0) is 0 Å². The van der Waals surface area contributed by atoms with Gasteiger partial charge in [0.25, 0.3) is 0 Å². The second-order valence-corrected chi connectivity index (χ2v) is 5.21. The average molecular weight is 239 g/mol. The zero-order valence-electron chi connectivity index (χ0n) is 10.1. The van der Waals surface area contributed by atoms with Crippen molar-refractivity contribution in [3.63, 3.8) is 0 Å². The average Bonchev–Trinajstić information content (AvgIpc) is 2.68. The van der Waals surface area contributed by atoms with Crippen molar-refractivity contribution in [2.45, 2.75) is 58.0 Å². The zero-order valence-corrected chi connectivity index (χ0v) is 10.9. The van der Waals surface area contributed by atoms with Crippen LogP contribution < -0.4 is 0 Å². The molecule has 16 heavy (non-hydrogen) atoms. The van der Waals surface area contributed by atoms with E-state index in [2.05, 4.69) is 22.1 Å². The van der Waals surface area contributed by atoms with Crippen molar-refractivity contribution < 1.29 is 0 Å². The van der Waals surface area contributed by atoms with Gasteiger partial charge in [0.05, 0.1) is 0 Å². The molecule has 2 rings (SSSR count). The van der Waals surface area contributed by atoms with Gasteiger partial charge in [-0.25, -0.2) is 0 Å². The summed E-state index contributed by atoms with van der Waals surface area (Å²) in [7, 11) is 0. The fourth-order valence-corrected chi connectivity index (χ4v) is 3.08. The first-order valence-corrected chi connectivity index (χ1v) is 6.93. The van der Waals surface area contributed by atoms with Crippen LogP contribution in [0.3, 0.4) is 0 Å². The molecule has 1 fully saturated rings. The summed E-state index contributed by atoms with van der Waals surface area (Å²) in [5.41, 5.74) is 0. The Morgan fingerprint density at radius 1 is 1.25 bits per heavy atom. The molecule has 0 amide bonds. The van der Waals surface area contributed by atoms with Crippen LogP contribution in [-0.4, -0.2) is 22.7 Å². The maximum absolute atomic E-state index is 5.15. The molecule has 0 radical (unpaired) electrons. The molecule has 0 saturated heterocycles. The van der Waals surface area contributed by atoms with E-state index in [4.69, 9.17) is 12.2 Å². The number of thiocarbonyl (C=S) groups is 1. The molecule has 1 unspecified atom stereocenters. The van der Waals surface area contributed by atoms with Gasteiger partial charge in [0.1, 0.15) is 6.17 Å². The molecule has 1 saturated carbocycles. The number of hydrogen-bond acceptors (Lipinski definition) is 2. The van der Waals surface area contributed by atoms with E-state index in [1.165, 1.54) is 38.5 Å². The Morgan fingerprint density at radius 3 is 2.69 bits per heavy atom. The van der Waals surface area contributed by atoms with Gasteiger partial charge in [0, 0.05) is 6.54 Å². The molecular formula is C12H21N3S. The normalized spacial score (nSPS) is 26.7. The van der Waals surface area contributed by atoms with E-state index in [-0.39, 0.29) is 6.17 Å². The third-order valence-electron chi connectivity index (χ3n) is 3.78. The van der Waals surface area contributed by atoms with Gasteiger partial charge in [-0.05, 0) is 37.9 Å². The van der Waals surface area contributed by atoms with Crippen LogP contribution in [0.25, 0.3) is 0 Å². The molecule has 0 spiro atoms. The van der Waals surface area contributed by atoms with E-state index < -0.39 is 0 Å². The van der Waals surface area contributed by atoms with Crippen LogP contribution in [0.2, 0.25) is 0 Å². The van der Waals surface area contributed by atoms with Crippen LogP contribution in [0.15, 0.2) is 10.2 Å². The maximum atomic E-state index is 5.15. The lowest BCUT2D eigenvalue weighted by atomic mass is 9.86. The Morgan fingerprint density at radius 2 is 2.00 bits per heavy atom. The van der Waals surface area contributed by atoms with Crippen molar-refractivity contribution in [2.24, 2.45) is 16.1 Å². The lowest BCUT2D eigenvalue weighted by Crippen LogP contribution is -2.32. The molecule has 0 aromatic heterocycles. The fourth-order valence-electron chi connectivity index (χ4n) is 2.78. The van der Waals surface area contributed by atoms with E-state index >= 15 is 0 Å². The van der Waals surface area contributed by atoms with Crippen LogP contribution in [0.4, 0.5) is 0 Å². The highest BCUT2D eigenvalue weighted by Crippen LogP contribution is 2.29. The minimum atomic E-state index is 0.236. The summed E-state index contributed by atoms with van der Waals surface area (Å²) in [6.07, 6.45) is 9.77. The van der Waals surface area contributed by atoms with E-state index in [1.807, 2.05) is 0 Å². The summed E-state index contributed by atoms with van der Waals surface area (Å²) in [5.74, 6) is 0.928. The molecule has 0 bridgehead atoms. The van der Waals surface area contributed by atoms with Gasteiger partial charge < -0.3 is 4.90 Å². The smallest absolute Gasteiger partial charge is 0.217 e. The van der Waals surface area contributed by atoms with E-state index in [9.17, 15) is 0 Å². The minimum absolute atomic E-state index is 0.236. The third-order valence-corrected chi connectivity index (χ3v) is 4.10. The monoisotopic (exact) mass is 239 g/mol. The second kappa shape index (κ2) is 5.71. The predicted octanol–water partition coefficient (Wildman–Crippen LogP) is 3.75. The number of nitrogens with zero attached hydrogens (tertiary/aromatic N) is 3. The quantitative estimate of drug-likeness (QED) is 0.699. The Labute approximate surface area is 103 Å². The van der Waals surface area contributed by atoms with Crippen LogP contribution in [0.5, 0.6) is 0 Å². The molecule has 2 aliphatic rings. The third kappa shape index (κ3) is 2.78. The highest BCUT2D eigenvalue weighted by molar-refractivity contribution is 7.80. The summed E-state index contributed by atoms with van der Waals surface area (Å²) in [6.45, 7) is 3.05. The van der Waals surface area contributed by atoms with Crippen LogP contribution in [0.1, 0.15) is 51.9 Å². The highest BCUT2D eigenvalue weighted by atomic mass is 32.1. The number of hydrogen-bond donors (Lipinski definition) is 0. The molecule has 0 aromatic carbocycles. The molecule has 1 heterocycles. The standard InChI is InChI=1S/C12H21N3S/c1-2-15-11(13-14-12(15)16)9-8-10-6-4-3-5-7-10/h10-11H,2-9H2,1H3. The van der Waals surface area contributed by atoms with Gasteiger partial charge in [0.2, 0.25) is 5.11 Å². The molecule has 1 atom stereocenters. The summed E-state index contributed by atoms with van der Waals surface area (Å²) >= 11 is 5.15. The van der Waals surface area contributed by atoms with Crippen molar-refractivity contribution in [2.75, 3.05) is 6.54 Å². The summed E-state index contributed by atoms with van der Waals surface area (Å²) in [4.78, 5) is 2.14. The van der Waals surface area contributed by atoms with Crippen molar-refractivity contribution in [1.82, 2.24) is 4.90 Å². The molecule has 1 aliphatic heterocycles. The predicted molar refractivity (Wildman–Crippen MR) is 69.4 cm³/mol. The fraction of sp³-hybridized carbons (Fsp3) is 0.917. The SMILES string of the molecule is CCN1C(=S)N=NC1CCC1CCCCC1. The Kier molecular flexibility index (Phi) is 4.27. The maximum Gasteiger partial charge on any atom is 0.217 e. The van der Waals surface area contributed by atoms with E-state index in [1.54, 1.807) is 0 Å². The molecule has 90 valence electrons. The molecule has 0 N–H and O–H groups in total. The topological polar surface area (TPSA) is 28.0 Å². The first-order chi connectivity index (χ1) is 7.81.